The molecule has 3 rings (SSSR count). The zero-order valence-corrected chi connectivity index (χ0v) is 10.5. The molecule has 2 heterocycles. The maximum Gasteiger partial charge on any atom is 0.252 e. The second-order valence-corrected chi connectivity index (χ2v) is 4.71. The Bertz CT molecular complexity index is 637. The Morgan fingerprint density at radius 3 is 3.05 bits per heavy atom. The number of aromatic nitrogens is 2. The molecule has 3 N–H and O–H groups in total. The number of nitrogens with two attached hydrogens (primary N) is 1. The van der Waals surface area contributed by atoms with Crippen molar-refractivity contribution in [3.05, 3.63) is 52.6 Å². The second-order valence-electron chi connectivity index (χ2n) is 4.71. The lowest BCUT2D eigenvalue weighted by molar-refractivity contribution is 0.667. The molecule has 1 aliphatic heterocycles. The summed E-state index contributed by atoms with van der Waals surface area (Å²) >= 11 is 0. The Morgan fingerprint density at radius 1 is 1.42 bits per heavy atom. The number of anilines is 2. The van der Waals surface area contributed by atoms with Crippen LogP contribution < -0.4 is 16.2 Å². The third-order valence-corrected chi connectivity index (χ3v) is 3.53. The zero-order chi connectivity index (χ0) is 13.2. The van der Waals surface area contributed by atoms with Crippen LogP contribution in [0.1, 0.15) is 17.9 Å². The van der Waals surface area contributed by atoms with Crippen molar-refractivity contribution in [2.45, 2.75) is 12.3 Å². The number of hydrogen-bond acceptors (Lipinski definition) is 4. The summed E-state index contributed by atoms with van der Waals surface area (Å²) in [5.41, 5.74) is 7.96. The summed E-state index contributed by atoms with van der Waals surface area (Å²) in [5, 5.41) is 0. The van der Waals surface area contributed by atoms with Gasteiger partial charge in [-0.15, -0.1) is 0 Å². The molecule has 1 aromatic heterocycles. The van der Waals surface area contributed by atoms with Crippen molar-refractivity contribution in [1.82, 2.24) is 9.97 Å². The van der Waals surface area contributed by atoms with Gasteiger partial charge in [-0.25, -0.2) is 4.98 Å². The van der Waals surface area contributed by atoms with Gasteiger partial charge in [-0.05, 0) is 24.6 Å². The van der Waals surface area contributed by atoms with Crippen molar-refractivity contribution in [2.24, 2.45) is 5.73 Å². The lowest BCUT2D eigenvalue weighted by Gasteiger charge is -2.18. The number of H-pyrrole nitrogens is 1. The molecular formula is C14H16N4O. The van der Waals surface area contributed by atoms with Crippen LogP contribution in [-0.4, -0.2) is 23.1 Å². The standard InChI is InChI=1S/C14H16N4O/c15-6-5-10-8-18(12-4-2-1-3-11(10)12)13-7-14(19)17-9-16-13/h1-4,7,9-10H,5-6,8,15H2,(H,16,17,19). The Kier molecular flexibility index (Phi) is 3.05. The molecule has 1 unspecified atom stereocenters. The maximum absolute atomic E-state index is 11.4. The summed E-state index contributed by atoms with van der Waals surface area (Å²) in [5.74, 6) is 1.10. The average molecular weight is 256 g/mol. The van der Waals surface area contributed by atoms with E-state index in [1.165, 1.54) is 18.0 Å². The molecule has 0 saturated carbocycles. The van der Waals surface area contributed by atoms with Gasteiger partial charge in [0.1, 0.15) is 5.82 Å². The van der Waals surface area contributed by atoms with E-state index in [0.717, 1.165) is 18.7 Å². The normalized spacial score (nSPS) is 17.5. The molecule has 98 valence electrons. The summed E-state index contributed by atoms with van der Waals surface area (Å²) in [6, 6.07) is 9.76. The minimum Gasteiger partial charge on any atom is -0.330 e. The van der Waals surface area contributed by atoms with E-state index in [1.54, 1.807) is 0 Å². The van der Waals surface area contributed by atoms with E-state index in [-0.39, 0.29) is 5.56 Å². The van der Waals surface area contributed by atoms with Gasteiger partial charge in [0, 0.05) is 24.2 Å². The fraction of sp³-hybridized carbons (Fsp3) is 0.286. The summed E-state index contributed by atoms with van der Waals surface area (Å²) < 4.78 is 0. The van der Waals surface area contributed by atoms with Crippen molar-refractivity contribution in [2.75, 3.05) is 18.0 Å². The molecule has 5 nitrogen and oxygen atoms in total. The maximum atomic E-state index is 11.4. The minimum atomic E-state index is -0.134. The van der Waals surface area contributed by atoms with E-state index in [2.05, 4.69) is 27.0 Å². The van der Waals surface area contributed by atoms with E-state index in [0.29, 0.717) is 18.3 Å². The average Bonchev–Trinajstić information content (AvgIpc) is 2.79. The van der Waals surface area contributed by atoms with E-state index >= 15 is 0 Å². The Balaban J connectivity index is 2.03. The van der Waals surface area contributed by atoms with E-state index < -0.39 is 0 Å². The van der Waals surface area contributed by atoms with Crippen molar-refractivity contribution in [1.29, 1.82) is 0 Å². The number of rotatable bonds is 3. The van der Waals surface area contributed by atoms with Crippen molar-refractivity contribution < 1.29 is 0 Å². The van der Waals surface area contributed by atoms with Crippen LogP contribution in [0.25, 0.3) is 0 Å². The third kappa shape index (κ3) is 2.13. The number of nitrogens with one attached hydrogen (secondary N) is 1. The molecule has 0 amide bonds. The molecule has 1 aliphatic rings. The first-order chi connectivity index (χ1) is 9.29. The third-order valence-electron chi connectivity index (χ3n) is 3.53. The Hall–Kier alpha value is -2.14. The van der Waals surface area contributed by atoms with Crippen LogP contribution in [0.5, 0.6) is 0 Å². The predicted octanol–water partition coefficient (Wildman–Crippen LogP) is 1.35. The zero-order valence-electron chi connectivity index (χ0n) is 10.5. The van der Waals surface area contributed by atoms with Gasteiger partial charge in [0.05, 0.1) is 6.33 Å². The number of para-hydroxylation sites is 1. The van der Waals surface area contributed by atoms with Gasteiger partial charge < -0.3 is 15.6 Å². The topological polar surface area (TPSA) is 75.0 Å². The van der Waals surface area contributed by atoms with Crippen molar-refractivity contribution >= 4 is 11.5 Å². The molecule has 0 spiro atoms. The molecule has 0 bridgehead atoms. The molecule has 1 aromatic carbocycles. The Morgan fingerprint density at radius 2 is 2.26 bits per heavy atom. The van der Waals surface area contributed by atoms with Crippen LogP contribution in [-0.2, 0) is 0 Å². The van der Waals surface area contributed by atoms with Gasteiger partial charge >= 0.3 is 0 Å². The fourth-order valence-electron chi connectivity index (χ4n) is 2.67. The summed E-state index contributed by atoms with van der Waals surface area (Å²) in [6.45, 7) is 1.49. The van der Waals surface area contributed by atoms with Gasteiger partial charge in [0.25, 0.3) is 5.56 Å². The summed E-state index contributed by atoms with van der Waals surface area (Å²) in [4.78, 5) is 20.3. The van der Waals surface area contributed by atoms with Crippen LogP contribution in [0.4, 0.5) is 11.5 Å². The van der Waals surface area contributed by atoms with Gasteiger partial charge in [-0.1, -0.05) is 18.2 Å². The van der Waals surface area contributed by atoms with Gasteiger partial charge in [0.2, 0.25) is 0 Å². The van der Waals surface area contributed by atoms with Crippen LogP contribution >= 0.6 is 0 Å². The molecule has 0 saturated heterocycles. The number of benzene rings is 1. The highest BCUT2D eigenvalue weighted by molar-refractivity contribution is 5.68. The quantitative estimate of drug-likeness (QED) is 0.869. The molecule has 0 fully saturated rings. The highest BCUT2D eigenvalue weighted by atomic mass is 16.1. The largest absolute Gasteiger partial charge is 0.330 e. The van der Waals surface area contributed by atoms with Crippen LogP contribution in [0.3, 0.4) is 0 Å². The van der Waals surface area contributed by atoms with Gasteiger partial charge in [-0.2, -0.15) is 0 Å². The molecule has 0 radical (unpaired) electrons. The summed E-state index contributed by atoms with van der Waals surface area (Å²) in [7, 11) is 0. The van der Waals surface area contributed by atoms with Crippen molar-refractivity contribution in [3.8, 4) is 0 Å². The minimum absolute atomic E-state index is 0.134. The highest BCUT2D eigenvalue weighted by Crippen LogP contribution is 2.40. The first kappa shape index (κ1) is 11.9. The molecule has 0 aliphatic carbocycles. The lowest BCUT2D eigenvalue weighted by Crippen LogP contribution is -2.20. The molecule has 2 aromatic rings. The highest BCUT2D eigenvalue weighted by Gasteiger charge is 2.29. The number of hydrogen-bond donors (Lipinski definition) is 2. The van der Waals surface area contributed by atoms with Gasteiger partial charge in [-0.3, -0.25) is 4.79 Å². The van der Waals surface area contributed by atoms with E-state index in [1.807, 2.05) is 12.1 Å². The van der Waals surface area contributed by atoms with Crippen molar-refractivity contribution in [3.63, 3.8) is 0 Å². The SMILES string of the molecule is NCCC1CN(c2cc(=O)[nH]cn2)c2ccccc21. The van der Waals surface area contributed by atoms with E-state index in [4.69, 9.17) is 5.73 Å². The number of nitrogens with zero attached hydrogens (tertiary/aromatic N) is 2. The fourth-order valence-corrected chi connectivity index (χ4v) is 2.67. The van der Waals surface area contributed by atoms with Crippen LogP contribution in [0, 0.1) is 0 Å². The molecule has 19 heavy (non-hydrogen) atoms. The first-order valence-electron chi connectivity index (χ1n) is 6.41. The van der Waals surface area contributed by atoms with Crippen LogP contribution in [0.2, 0.25) is 0 Å². The van der Waals surface area contributed by atoms with Gasteiger partial charge in [0.15, 0.2) is 0 Å². The molecular weight excluding hydrogens is 240 g/mol. The Labute approximate surface area is 111 Å². The van der Waals surface area contributed by atoms with Crippen LogP contribution in [0.15, 0.2) is 41.5 Å². The van der Waals surface area contributed by atoms with E-state index in [9.17, 15) is 4.79 Å². The lowest BCUT2D eigenvalue weighted by atomic mass is 9.98. The smallest absolute Gasteiger partial charge is 0.252 e. The number of aromatic amines is 1. The second kappa shape index (κ2) is 4.85. The number of fused-ring (bicyclic) bond motifs is 1. The first-order valence-corrected chi connectivity index (χ1v) is 6.41. The predicted molar refractivity (Wildman–Crippen MR) is 74.7 cm³/mol. The molecule has 5 heteroatoms. The monoisotopic (exact) mass is 256 g/mol. The summed E-state index contributed by atoms with van der Waals surface area (Å²) in [6.07, 6.45) is 2.38. The molecule has 1 atom stereocenters.